The first kappa shape index (κ1) is 13.7. The fourth-order valence-electron chi connectivity index (χ4n) is 1.80. The van der Waals surface area contributed by atoms with Crippen LogP contribution in [0.2, 0.25) is 0 Å². The Hall–Kier alpha value is -1.75. The molecular weight excluding hydrogens is 263 g/mol. The molecule has 3 nitrogen and oxygen atoms in total. The van der Waals surface area contributed by atoms with Gasteiger partial charge in [-0.15, -0.1) is 11.3 Å². The summed E-state index contributed by atoms with van der Waals surface area (Å²) in [6.45, 7) is 4.13. The highest BCUT2D eigenvalue weighted by Gasteiger charge is 2.17. The fourth-order valence-corrected chi connectivity index (χ4v) is 2.41. The van der Waals surface area contributed by atoms with Gasteiger partial charge >= 0.3 is 0 Å². The van der Waals surface area contributed by atoms with Crippen LogP contribution in [0.3, 0.4) is 0 Å². The number of amides is 1. The van der Waals surface area contributed by atoms with Crippen molar-refractivity contribution in [2.75, 3.05) is 7.05 Å². The minimum absolute atomic E-state index is 0.106. The molecule has 100 valence electrons. The summed E-state index contributed by atoms with van der Waals surface area (Å²) in [5, 5.41) is 2.86. The average Bonchev–Trinajstić information content (AvgIpc) is 2.77. The largest absolute Gasteiger partial charge is 0.336 e. The number of rotatable bonds is 3. The molecule has 0 radical (unpaired) electrons. The zero-order chi connectivity index (χ0) is 14.0. The van der Waals surface area contributed by atoms with Gasteiger partial charge in [0.1, 0.15) is 5.82 Å². The SMILES string of the molecule is Cc1ccc(F)c(C(=O)N(C)Cc2csc(C)n2)c1. The molecule has 0 fully saturated rings. The molecule has 1 heterocycles. The number of halogens is 1. The van der Waals surface area contributed by atoms with Crippen LogP contribution in [0.1, 0.15) is 26.6 Å². The molecule has 1 aromatic carbocycles. The van der Waals surface area contributed by atoms with Crippen molar-refractivity contribution in [3.63, 3.8) is 0 Å². The summed E-state index contributed by atoms with van der Waals surface area (Å²) < 4.78 is 13.7. The minimum atomic E-state index is -0.489. The number of nitrogens with zero attached hydrogens (tertiary/aromatic N) is 2. The van der Waals surface area contributed by atoms with Gasteiger partial charge in [0, 0.05) is 12.4 Å². The zero-order valence-electron chi connectivity index (χ0n) is 11.1. The van der Waals surface area contributed by atoms with Crippen molar-refractivity contribution in [1.29, 1.82) is 0 Å². The predicted octanol–water partition coefficient (Wildman–Crippen LogP) is 3.17. The van der Waals surface area contributed by atoms with Crippen molar-refractivity contribution in [2.24, 2.45) is 0 Å². The van der Waals surface area contributed by atoms with Crippen LogP contribution in [0.25, 0.3) is 0 Å². The lowest BCUT2D eigenvalue weighted by atomic mass is 10.1. The van der Waals surface area contributed by atoms with Crippen LogP contribution in [0.15, 0.2) is 23.6 Å². The van der Waals surface area contributed by atoms with E-state index in [0.717, 1.165) is 16.3 Å². The molecule has 0 N–H and O–H groups in total. The maximum absolute atomic E-state index is 13.7. The van der Waals surface area contributed by atoms with Gasteiger partial charge < -0.3 is 4.90 Å². The monoisotopic (exact) mass is 278 g/mol. The van der Waals surface area contributed by atoms with Gasteiger partial charge in [0.2, 0.25) is 0 Å². The van der Waals surface area contributed by atoms with Crippen LogP contribution in [-0.2, 0) is 6.54 Å². The molecule has 0 aliphatic rings. The second-order valence-electron chi connectivity index (χ2n) is 4.50. The van der Waals surface area contributed by atoms with Crippen LogP contribution in [0.5, 0.6) is 0 Å². The van der Waals surface area contributed by atoms with Gasteiger partial charge in [-0.05, 0) is 26.0 Å². The number of thiazole rings is 1. The summed E-state index contributed by atoms with van der Waals surface area (Å²) in [6.07, 6.45) is 0. The van der Waals surface area contributed by atoms with Crippen molar-refractivity contribution >= 4 is 17.2 Å². The Labute approximate surface area is 115 Å². The first-order valence-electron chi connectivity index (χ1n) is 5.90. The van der Waals surface area contributed by atoms with E-state index < -0.39 is 5.82 Å². The molecule has 0 saturated heterocycles. The Morgan fingerprint density at radius 3 is 2.79 bits per heavy atom. The van der Waals surface area contributed by atoms with E-state index in [1.165, 1.54) is 22.3 Å². The van der Waals surface area contributed by atoms with E-state index in [4.69, 9.17) is 0 Å². The van der Waals surface area contributed by atoms with Crippen molar-refractivity contribution in [3.8, 4) is 0 Å². The third kappa shape index (κ3) is 3.17. The van der Waals surface area contributed by atoms with E-state index in [9.17, 15) is 9.18 Å². The molecule has 0 aliphatic carbocycles. The van der Waals surface area contributed by atoms with E-state index >= 15 is 0 Å². The summed E-state index contributed by atoms with van der Waals surface area (Å²) in [4.78, 5) is 18.0. The number of aromatic nitrogens is 1. The third-order valence-electron chi connectivity index (χ3n) is 2.76. The minimum Gasteiger partial charge on any atom is -0.336 e. The number of carbonyl (C=O) groups is 1. The molecule has 2 rings (SSSR count). The first-order chi connectivity index (χ1) is 8.97. The molecule has 0 bridgehead atoms. The van der Waals surface area contributed by atoms with E-state index in [2.05, 4.69) is 4.98 Å². The van der Waals surface area contributed by atoms with Crippen LogP contribution in [0, 0.1) is 19.7 Å². The quantitative estimate of drug-likeness (QED) is 0.864. The third-order valence-corrected chi connectivity index (χ3v) is 3.59. The normalized spacial score (nSPS) is 10.5. The lowest BCUT2D eigenvalue weighted by Gasteiger charge is -2.16. The highest BCUT2D eigenvalue weighted by molar-refractivity contribution is 7.09. The Bertz CT molecular complexity index is 609. The van der Waals surface area contributed by atoms with Gasteiger partial charge in [-0.25, -0.2) is 9.37 Å². The number of aryl methyl sites for hydroxylation is 2. The molecule has 0 atom stereocenters. The molecule has 1 aromatic heterocycles. The molecule has 0 aliphatic heterocycles. The summed E-state index contributed by atoms with van der Waals surface area (Å²) >= 11 is 1.54. The first-order valence-corrected chi connectivity index (χ1v) is 6.78. The van der Waals surface area contributed by atoms with Crippen molar-refractivity contribution in [2.45, 2.75) is 20.4 Å². The molecule has 19 heavy (non-hydrogen) atoms. The fraction of sp³-hybridized carbons (Fsp3) is 0.286. The van der Waals surface area contributed by atoms with Crippen LogP contribution < -0.4 is 0 Å². The summed E-state index contributed by atoms with van der Waals surface area (Å²) in [5.41, 5.74) is 1.79. The smallest absolute Gasteiger partial charge is 0.256 e. The lowest BCUT2D eigenvalue weighted by Crippen LogP contribution is -2.27. The Morgan fingerprint density at radius 2 is 2.16 bits per heavy atom. The van der Waals surface area contributed by atoms with E-state index in [1.807, 2.05) is 19.2 Å². The lowest BCUT2D eigenvalue weighted by molar-refractivity contribution is 0.0779. The topological polar surface area (TPSA) is 33.2 Å². The molecule has 2 aromatic rings. The van der Waals surface area contributed by atoms with Crippen LogP contribution in [0.4, 0.5) is 4.39 Å². The molecule has 0 spiro atoms. The van der Waals surface area contributed by atoms with Gasteiger partial charge in [0.25, 0.3) is 5.91 Å². The number of hydrogen-bond acceptors (Lipinski definition) is 3. The second kappa shape index (κ2) is 5.48. The van der Waals surface area contributed by atoms with Gasteiger partial charge in [-0.2, -0.15) is 0 Å². The Morgan fingerprint density at radius 1 is 1.42 bits per heavy atom. The molecule has 5 heteroatoms. The number of carbonyl (C=O) groups excluding carboxylic acids is 1. The van der Waals surface area contributed by atoms with Crippen molar-refractivity contribution in [1.82, 2.24) is 9.88 Å². The van der Waals surface area contributed by atoms with Gasteiger partial charge in [-0.1, -0.05) is 11.6 Å². The maximum atomic E-state index is 13.7. The van der Waals surface area contributed by atoms with Crippen molar-refractivity contribution in [3.05, 3.63) is 51.2 Å². The number of benzene rings is 1. The molecule has 0 saturated carbocycles. The summed E-state index contributed by atoms with van der Waals surface area (Å²) in [7, 11) is 1.65. The summed E-state index contributed by atoms with van der Waals surface area (Å²) in [6, 6.07) is 4.54. The van der Waals surface area contributed by atoms with Crippen molar-refractivity contribution < 1.29 is 9.18 Å². The molecule has 0 unspecified atom stereocenters. The van der Waals surface area contributed by atoms with Gasteiger partial charge in [-0.3, -0.25) is 4.79 Å². The number of hydrogen-bond donors (Lipinski definition) is 0. The predicted molar refractivity (Wildman–Crippen MR) is 73.8 cm³/mol. The second-order valence-corrected chi connectivity index (χ2v) is 5.56. The van der Waals surface area contributed by atoms with E-state index in [1.54, 1.807) is 19.2 Å². The van der Waals surface area contributed by atoms with E-state index in [-0.39, 0.29) is 11.5 Å². The van der Waals surface area contributed by atoms with Gasteiger partial charge in [0.05, 0.1) is 22.8 Å². The van der Waals surface area contributed by atoms with E-state index in [0.29, 0.717) is 6.54 Å². The highest BCUT2D eigenvalue weighted by Crippen LogP contribution is 2.15. The summed E-state index contributed by atoms with van der Waals surface area (Å²) in [5.74, 6) is -0.816. The Balaban J connectivity index is 2.16. The highest BCUT2D eigenvalue weighted by atomic mass is 32.1. The van der Waals surface area contributed by atoms with Crippen LogP contribution >= 0.6 is 11.3 Å². The Kier molecular flexibility index (Phi) is 3.95. The van der Waals surface area contributed by atoms with Gasteiger partial charge in [0.15, 0.2) is 0 Å². The zero-order valence-corrected chi connectivity index (χ0v) is 11.9. The average molecular weight is 278 g/mol. The van der Waals surface area contributed by atoms with Crippen LogP contribution in [-0.4, -0.2) is 22.8 Å². The molecule has 1 amide bonds. The maximum Gasteiger partial charge on any atom is 0.256 e. The molecular formula is C14H15FN2OS. The standard InChI is InChI=1S/C14H15FN2OS/c1-9-4-5-13(15)12(6-9)14(18)17(3)7-11-8-19-10(2)16-11/h4-6,8H,7H2,1-3H3.